The van der Waals surface area contributed by atoms with E-state index in [1.807, 2.05) is 26.0 Å². The maximum atomic E-state index is 12.7. The molecule has 2 aromatic carbocycles. The van der Waals surface area contributed by atoms with Crippen LogP contribution in [0.5, 0.6) is 5.75 Å². The summed E-state index contributed by atoms with van der Waals surface area (Å²) in [5.41, 5.74) is 3.07. The monoisotopic (exact) mass is 377 g/mol. The first-order valence-electron chi connectivity index (χ1n) is 9.73. The van der Waals surface area contributed by atoms with Gasteiger partial charge in [0.1, 0.15) is 5.75 Å². The molecule has 2 aliphatic rings. The summed E-state index contributed by atoms with van der Waals surface area (Å²) in [5.74, 6) is -0.569. The van der Waals surface area contributed by atoms with Crippen molar-refractivity contribution in [2.45, 2.75) is 39.5 Å². The number of ether oxygens (including phenoxy) is 1. The first-order valence-corrected chi connectivity index (χ1v) is 9.73. The maximum absolute atomic E-state index is 12.7. The van der Waals surface area contributed by atoms with Crippen molar-refractivity contribution < 1.29 is 19.1 Å². The zero-order chi connectivity index (χ0) is 19.8. The molecule has 5 nitrogen and oxygen atoms in total. The highest BCUT2D eigenvalue weighted by molar-refractivity contribution is 6.22. The number of carbonyl (C=O) groups excluding carboxylic acids is 3. The summed E-state index contributed by atoms with van der Waals surface area (Å²) in [5, 5.41) is 0. The van der Waals surface area contributed by atoms with E-state index < -0.39 is 5.97 Å². The van der Waals surface area contributed by atoms with E-state index in [4.69, 9.17) is 4.74 Å². The molecule has 0 N–H and O–H groups in total. The van der Waals surface area contributed by atoms with E-state index in [2.05, 4.69) is 0 Å². The highest BCUT2D eigenvalue weighted by Gasteiger charge is 2.48. The van der Waals surface area contributed by atoms with Gasteiger partial charge >= 0.3 is 5.97 Å². The quantitative estimate of drug-likeness (QED) is 0.457. The Balaban J connectivity index is 1.50. The molecule has 1 saturated carbocycles. The molecule has 1 aliphatic heterocycles. The molecule has 2 fully saturated rings. The van der Waals surface area contributed by atoms with Crippen molar-refractivity contribution >= 4 is 23.5 Å². The Labute approximate surface area is 164 Å². The third kappa shape index (κ3) is 3.21. The van der Waals surface area contributed by atoms with E-state index >= 15 is 0 Å². The number of imide groups is 1. The Morgan fingerprint density at radius 1 is 0.893 bits per heavy atom. The van der Waals surface area contributed by atoms with E-state index in [1.54, 1.807) is 30.3 Å². The zero-order valence-electron chi connectivity index (χ0n) is 16.1. The molecular formula is C23H23NO4. The van der Waals surface area contributed by atoms with E-state index in [1.165, 1.54) is 4.90 Å². The molecule has 1 saturated heterocycles. The van der Waals surface area contributed by atoms with Crippen molar-refractivity contribution in [3.63, 3.8) is 0 Å². The fourth-order valence-corrected chi connectivity index (χ4v) is 4.11. The van der Waals surface area contributed by atoms with E-state index in [0.29, 0.717) is 17.0 Å². The molecule has 0 radical (unpaired) electrons. The summed E-state index contributed by atoms with van der Waals surface area (Å²) in [7, 11) is 0. The largest absolute Gasteiger partial charge is 0.423 e. The van der Waals surface area contributed by atoms with Crippen molar-refractivity contribution in [2.75, 3.05) is 4.90 Å². The molecule has 2 aromatic rings. The lowest BCUT2D eigenvalue weighted by molar-refractivity contribution is -0.122. The second-order valence-electron chi connectivity index (χ2n) is 7.69. The minimum absolute atomic E-state index is 0.111. The third-order valence-electron chi connectivity index (χ3n) is 5.89. The number of anilines is 1. The topological polar surface area (TPSA) is 63.7 Å². The van der Waals surface area contributed by atoms with Gasteiger partial charge in [0, 0.05) is 0 Å². The molecule has 0 aromatic heterocycles. The van der Waals surface area contributed by atoms with Gasteiger partial charge in [-0.2, -0.15) is 0 Å². The third-order valence-corrected chi connectivity index (χ3v) is 5.89. The summed E-state index contributed by atoms with van der Waals surface area (Å²) in [4.78, 5) is 39.1. The van der Waals surface area contributed by atoms with Crippen LogP contribution in [0.3, 0.4) is 0 Å². The lowest BCUT2D eigenvalue weighted by atomic mass is 9.81. The molecule has 2 atom stereocenters. The number of amides is 2. The highest BCUT2D eigenvalue weighted by Crippen LogP contribution is 2.40. The second-order valence-corrected chi connectivity index (χ2v) is 7.69. The molecule has 28 heavy (non-hydrogen) atoms. The number of nitrogens with zero attached hydrogens (tertiary/aromatic N) is 1. The van der Waals surface area contributed by atoms with Crippen LogP contribution < -0.4 is 9.64 Å². The van der Waals surface area contributed by atoms with Crippen LogP contribution in [-0.4, -0.2) is 17.8 Å². The van der Waals surface area contributed by atoms with Gasteiger partial charge in [0.05, 0.1) is 23.1 Å². The minimum atomic E-state index is -0.470. The predicted molar refractivity (Wildman–Crippen MR) is 105 cm³/mol. The van der Waals surface area contributed by atoms with Gasteiger partial charge in [-0.15, -0.1) is 0 Å². The number of fused-ring (bicyclic) bond motifs is 1. The number of aryl methyl sites for hydroxylation is 2. The van der Waals surface area contributed by atoms with Crippen molar-refractivity contribution in [2.24, 2.45) is 11.8 Å². The van der Waals surface area contributed by atoms with Gasteiger partial charge in [0.25, 0.3) is 0 Å². The molecule has 1 heterocycles. The average Bonchev–Trinajstić information content (AvgIpc) is 2.96. The van der Waals surface area contributed by atoms with Gasteiger partial charge in [0.15, 0.2) is 0 Å². The Morgan fingerprint density at radius 3 is 2.07 bits per heavy atom. The van der Waals surface area contributed by atoms with Gasteiger partial charge in [-0.05, 0) is 74.2 Å². The number of benzene rings is 2. The maximum Gasteiger partial charge on any atom is 0.343 e. The van der Waals surface area contributed by atoms with Crippen molar-refractivity contribution in [3.8, 4) is 5.75 Å². The van der Waals surface area contributed by atoms with Crippen LogP contribution >= 0.6 is 0 Å². The van der Waals surface area contributed by atoms with Crippen LogP contribution in [0.2, 0.25) is 0 Å². The Hall–Kier alpha value is -2.95. The smallest absolute Gasteiger partial charge is 0.343 e. The molecule has 144 valence electrons. The lowest BCUT2D eigenvalue weighted by Gasteiger charge is -2.19. The molecule has 4 rings (SSSR count). The van der Waals surface area contributed by atoms with Crippen LogP contribution in [0.25, 0.3) is 0 Å². The molecular weight excluding hydrogens is 354 g/mol. The first kappa shape index (κ1) is 18.4. The fourth-order valence-electron chi connectivity index (χ4n) is 4.11. The number of hydrogen-bond donors (Lipinski definition) is 0. The van der Waals surface area contributed by atoms with Gasteiger partial charge in [0.2, 0.25) is 11.8 Å². The molecule has 1 aliphatic carbocycles. The summed E-state index contributed by atoms with van der Waals surface area (Å²) < 4.78 is 5.43. The van der Waals surface area contributed by atoms with Crippen LogP contribution in [0.4, 0.5) is 5.69 Å². The summed E-state index contributed by atoms with van der Waals surface area (Å²) in [6, 6.07) is 12.0. The van der Waals surface area contributed by atoms with E-state index in [-0.39, 0.29) is 23.7 Å². The molecule has 0 unspecified atom stereocenters. The number of rotatable bonds is 3. The summed E-state index contributed by atoms with van der Waals surface area (Å²) in [6.45, 7) is 3.96. The zero-order valence-corrected chi connectivity index (χ0v) is 16.1. The summed E-state index contributed by atoms with van der Waals surface area (Å²) >= 11 is 0. The van der Waals surface area contributed by atoms with Crippen LogP contribution in [0, 0.1) is 25.7 Å². The Morgan fingerprint density at radius 2 is 1.50 bits per heavy atom. The van der Waals surface area contributed by atoms with Gasteiger partial charge in [-0.1, -0.05) is 18.9 Å². The minimum Gasteiger partial charge on any atom is -0.423 e. The van der Waals surface area contributed by atoms with Crippen molar-refractivity contribution in [3.05, 3.63) is 59.2 Å². The van der Waals surface area contributed by atoms with Crippen LogP contribution in [-0.2, 0) is 9.59 Å². The first-order chi connectivity index (χ1) is 13.5. The number of esters is 1. The lowest BCUT2D eigenvalue weighted by Crippen LogP contribution is -2.30. The predicted octanol–water partition coefficient (Wildman–Crippen LogP) is 4.20. The van der Waals surface area contributed by atoms with Gasteiger partial charge in [-0.3, -0.25) is 14.5 Å². The van der Waals surface area contributed by atoms with E-state index in [9.17, 15) is 14.4 Å². The van der Waals surface area contributed by atoms with Crippen LogP contribution in [0.15, 0.2) is 42.5 Å². The van der Waals surface area contributed by atoms with Gasteiger partial charge in [-0.25, -0.2) is 4.79 Å². The SMILES string of the molecule is Cc1ccc(OC(=O)c2ccc(N3C(=O)[C@@H]4CCCC[C@H]4C3=O)cc2)cc1C. The molecule has 5 heteroatoms. The Kier molecular flexibility index (Phi) is 4.75. The van der Waals surface area contributed by atoms with E-state index in [0.717, 1.165) is 36.8 Å². The second kappa shape index (κ2) is 7.23. The highest BCUT2D eigenvalue weighted by atomic mass is 16.5. The summed E-state index contributed by atoms with van der Waals surface area (Å²) in [6.07, 6.45) is 3.56. The molecule has 0 bridgehead atoms. The number of hydrogen-bond acceptors (Lipinski definition) is 4. The molecule has 0 spiro atoms. The van der Waals surface area contributed by atoms with Crippen molar-refractivity contribution in [1.29, 1.82) is 0 Å². The fraction of sp³-hybridized carbons (Fsp3) is 0.348. The normalized spacial score (nSPS) is 21.6. The average molecular weight is 377 g/mol. The van der Waals surface area contributed by atoms with Crippen LogP contribution in [0.1, 0.15) is 47.2 Å². The van der Waals surface area contributed by atoms with Gasteiger partial charge < -0.3 is 4.74 Å². The van der Waals surface area contributed by atoms with Crippen molar-refractivity contribution in [1.82, 2.24) is 0 Å². The molecule has 2 amide bonds. The standard InChI is InChI=1S/C23H23NO4/c1-14-7-12-18(13-15(14)2)28-23(27)16-8-10-17(11-9-16)24-21(25)19-5-3-4-6-20(19)22(24)26/h7-13,19-20H,3-6H2,1-2H3/t19-,20-/m1/s1. The number of carbonyl (C=O) groups is 3. The Bertz CT molecular complexity index is 924.